The minimum Gasteiger partial charge on any atom is -0.266 e. The second-order valence-electron chi connectivity index (χ2n) is 5.18. The van der Waals surface area contributed by atoms with E-state index in [2.05, 4.69) is 29.4 Å². The third-order valence-corrected chi connectivity index (χ3v) is 2.90. The van der Waals surface area contributed by atoms with Crippen molar-refractivity contribution in [2.24, 2.45) is 11.0 Å². The zero-order chi connectivity index (χ0) is 15.1. The van der Waals surface area contributed by atoms with Gasteiger partial charge in [0.1, 0.15) is 5.69 Å². The summed E-state index contributed by atoms with van der Waals surface area (Å²) in [5.41, 5.74) is 4.84. The molecule has 21 heavy (non-hydrogen) atoms. The number of carbonyl (C=O) groups is 1. The topological polar surface area (TPSA) is 54.4 Å². The van der Waals surface area contributed by atoms with Crippen molar-refractivity contribution in [1.82, 2.24) is 10.4 Å². The lowest BCUT2D eigenvalue weighted by molar-refractivity contribution is 0.0950. The van der Waals surface area contributed by atoms with Gasteiger partial charge in [-0.05, 0) is 30.0 Å². The zero-order valence-electron chi connectivity index (χ0n) is 12.3. The molecule has 0 bridgehead atoms. The second-order valence-corrected chi connectivity index (χ2v) is 5.18. The number of rotatable bonds is 5. The molecule has 0 aliphatic carbocycles. The van der Waals surface area contributed by atoms with Gasteiger partial charge < -0.3 is 0 Å². The molecule has 1 aromatic carbocycles. The smallest absolute Gasteiger partial charge is 0.266 e. The van der Waals surface area contributed by atoms with Crippen LogP contribution in [0.2, 0.25) is 0 Å². The molecule has 0 fully saturated rings. The van der Waals surface area contributed by atoms with Crippen LogP contribution in [-0.4, -0.2) is 16.6 Å². The van der Waals surface area contributed by atoms with Crippen LogP contribution in [-0.2, 0) is 0 Å². The van der Waals surface area contributed by atoms with Crippen molar-refractivity contribution in [2.75, 3.05) is 0 Å². The molecule has 0 unspecified atom stereocenters. The number of nitrogens with zero attached hydrogens (tertiary/aromatic N) is 2. The van der Waals surface area contributed by atoms with Gasteiger partial charge in [-0.1, -0.05) is 50.2 Å². The largest absolute Gasteiger partial charge is 0.289 e. The number of hydrazone groups is 1. The second kappa shape index (κ2) is 7.33. The maximum absolute atomic E-state index is 12.0. The SMILES string of the molecule is CC(C)C/C(=N/NC(=O)c1ccccn1)c1ccccc1. The van der Waals surface area contributed by atoms with Crippen molar-refractivity contribution in [1.29, 1.82) is 0 Å². The molecule has 4 heteroatoms. The Hall–Kier alpha value is -2.49. The monoisotopic (exact) mass is 281 g/mol. The minimum absolute atomic E-state index is 0.298. The molecule has 0 spiro atoms. The Labute approximate surface area is 124 Å². The summed E-state index contributed by atoms with van der Waals surface area (Å²) in [7, 11) is 0. The molecule has 1 amide bonds. The molecular weight excluding hydrogens is 262 g/mol. The summed E-state index contributed by atoms with van der Waals surface area (Å²) in [6.45, 7) is 4.25. The highest BCUT2D eigenvalue weighted by molar-refractivity contribution is 6.02. The van der Waals surface area contributed by atoms with Crippen LogP contribution >= 0.6 is 0 Å². The first-order valence-corrected chi connectivity index (χ1v) is 7.00. The van der Waals surface area contributed by atoms with Gasteiger partial charge in [0.25, 0.3) is 5.91 Å². The van der Waals surface area contributed by atoms with Gasteiger partial charge in [-0.3, -0.25) is 9.78 Å². The molecule has 0 radical (unpaired) electrons. The van der Waals surface area contributed by atoms with Crippen molar-refractivity contribution in [3.05, 3.63) is 66.0 Å². The van der Waals surface area contributed by atoms with Crippen molar-refractivity contribution in [3.63, 3.8) is 0 Å². The molecule has 1 N–H and O–H groups in total. The van der Waals surface area contributed by atoms with Crippen LogP contribution in [0.4, 0.5) is 0 Å². The molecule has 1 heterocycles. The lowest BCUT2D eigenvalue weighted by Gasteiger charge is -2.09. The Kier molecular flexibility index (Phi) is 5.21. The van der Waals surface area contributed by atoms with Gasteiger partial charge in [0, 0.05) is 6.20 Å². The van der Waals surface area contributed by atoms with Gasteiger partial charge in [0.15, 0.2) is 0 Å². The van der Waals surface area contributed by atoms with E-state index < -0.39 is 0 Å². The third kappa shape index (κ3) is 4.53. The maximum atomic E-state index is 12.0. The lowest BCUT2D eigenvalue weighted by Crippen LogP contribution is -2.21. The maximum Gasteiger partial charge on any atom is 0.289 e. The molecule has 0 saturated heterocycles. The van der Waals surface area contributed by atoms with Gasteiger partial charge in [-0.15, -0.1) is 0 Å². The van der Waals surface area contributed by atoms with E-state index in [0.717, 1.165) is 17.7 Å². The third-order valence-electron chi connectivity index (χ3n) is 2.90. The fourth-order valence-corrected chi connectivity index (χ4v) is 1.92. The van der Waals surface area contributed by atoms with Crippen LogP contribution in [0, 0.1) is 5.92 Å². The number of pyridine rings is 1. The highest BCUT2D eigenvalue weighted by Gasteiger charge is 2.09. The van der Waals surface area contributed by atoms with Crippen molar-refractivity contribution >= 4 is 11.6 Å². The highest BCUT2D eigenvalue weighted by Crippen LogP contribution is 2.10. The first kappa shape index (κ1) is 14.9. The van der Waals surface area contributed by atoms with Gasteiger partial charge in [0.05, 0.1) is 5.71 Å². The Balaban J connectivity index is 2.16. The first-order chi connectivity index (χ1) is 10.2. The standard InChI is InChI=1S/C17H19N3O/c1-13(2)12-16(14-8-4-3-5-9-14)19-20-17(21)15-10-6-7-11-18-15/h3-11,13H,12H2,1-2H3,(H,20,21)/b19-16-. The van der Waals surface area contributed by atoms with E-state index in [1.165, 1.54) is 0 Å². The number of amides is 1. The Morgan fingerprint density at radius 1 is 1.14 bits per heavy atom. The van der Waals surface area contributed by atoms with E-state index in [1.54, 1.807) is 24.4 Å². The first-order valence-electron chi connectivity index (χ1n) is 7.00. The summed E-state index contributed by atoms with van der Waals surface area (Å²) in [5.74, 6) is 0.156. The molecule has 2 rings (SSSR count). The Bertz CT molecular complexity index is 606. The Morgan fingerprint density at radius 3 is 2.48 bits per heavy atom. The quantitative estimate of drug-likeness (QED) is 0.675. The van der Waals surface area contributed by atoms with Crippen molar-refractivity contribution in [3.8, 4) is 0 Å². The summed E-state index contributed by atoms with van der Waals surface area (Å²) in [6, 6.07) is 15.1. The molecule has 0 aliphatic rings. The molecule has 0 aliphatic heterocycles. The number of aromatic nitrogens is 1. The predicted molar refractivity (Wildman–Crippen MR) is 84.1 cm³/mol. The molecule has 108 valence electrons. The molecule has 1 aromatic heterocycles. The van der Waals surface area contributed by atoms with Crippen LogP contribution in [0.25, 0.3) is 0 Å². The van der Waals surface area contributed by atoms with Crippen LogP contribution in [0.15, 0.2) is 59.8 Å². The van der Waals surface area contributed by atoms with Gasteiger partial charge in [-0.2, -0.15) is 5.10 Å². The van der Waals surface area contributed by atoms with Gasteiger partial charge in [-0.25, -0.2) is 5.43 Å². The number of hydrogen-bond donors (Lipinski definition) is 1. The van der Waals surface area contributed by atoms with Crippen LogP contribution in [0.3, 0.4) is 0 Å². The van der Waals surface area contributed by atoms with Crippen molar-refractivity contribution in [2.45, 2.75) is 20.3 Å². The van der Waals surface area contributed by atoms with E-state index >= 15 is 0 Å². The van der Waals surface area contributed by atoms with Crippen LogP contribution in [0.1, 0.15) is 36.3 Å². The van der Waals surface area contributed by atoms with E-state index in [9.17, 15) is 4.79 Å². The van der Waals surface area contributed by atoms with E-state index in [1.807, 2.05) is 30.3 Å². The summed E-state index contributed by atoms with van der Waals surface area (Å²) in [4.78, 5) is 16.0. The van der Waals surface area contributed by atoms with Gasteiger partial charge in [0.2, 0.25) is 0 Å². The Morgan fingerprint density at radius 2 is 1.86 bits per heavy atom. The summed E-state index contributed by atoms with van der Waals surface area (Å²) in [6.07, 6.45) is 2.39. The number of hydrogen-bond acceptors (Lipinski definition) is 3. The average molecular weight is 281 g/mol. The van der Waals surface area contributed by atoms with Crippen LogP contribution < -0.4 is 5.43 Å². The number of benzene rings is 1. The summed E-state index contributed by atoms with van der Waals surface area (Å²) >= 11 is 0. The number of nitrogens with one attached hydrogen (secondary N) is 1. The fourth-order valence-electron chi connectivity index (χ4n) is 1.92. The molecule has 0 atom stereocenters. The minimum atomic E-state index is -0.298. The lowest BCUT2D eigenvalue weighted by atomic mass is 10.0. The van der Waals surface area contributed by atoms with E-state index in [4.69, 9.17) is 0 Å². The summed E-state index contributed by atoms with van der Waals surface area (Å²) in [5, 5.41) is 4.29. The zero-order valence-corrected chi connectivity index (χ0v) is 12.3. The van der Waals surface area contributed by atoms with E-state index in [0.29, 0.717) is 11.6 Å². The molecular formula is C17H19N3O. The molecule has 2 aromatic rings. The van der Waals surface area contributed by atoms with Crippen molar-refractivity contribution < 1.29 is 4.79 Å². The number of carbonyl (C=O) groups excluding carboxylic acids is 1. The normalized spacial score (nSPS) is 11.5. The average Bonchev–Trinajstić information content (AvgIpc) is 2.52. The highest BCUT2D eigenvalue weighted by atomic mass is 16.2. The van der Waals surface area contributed by atoms with Gasteiger partial charge >= 0.3 is 0 Å². The van der Waals surface area contributed by atoms with Crippen LogP contribution in [0.5, 0.6) is 0 Å². The van der Waals surface area contributed by atoms with E-state index in [-0.39, 0.29) is 5.91 Å². The fraction of sp³-hybridized carbons (Fsp3) is 0.235. The molecule has 4 nitrogen and oxygen atoms in total. The molecule has 0 saturated carbocycles. The predicted octanol–water partition coefficient (Wildman–Crippen LogP) is 3.26. The summed E-state index contributed by atoms with van der Waals surface area (Å²) < 4.78 is 0.